The van der Waals surface area contributed by atoms with Gasteiger partial charge in [0, 0.05) is 23.6 Å². The lowest BCUT2D eigenvalue weighted by atomic mass is 10.0. The van der Waals surface area contributed by atoms with Gasteiger partial charge in [-0.1, -0.05) is 12.1 Å². The summed E-state index contributed by atoms with van der Waals surface area (Å²) in [6, 6.07) is 10.00. The lowest BCUT2D eigenvalue weighted by molar-refractivity contribution is -0.119. The Kier molecular flexibility index (Phi) is 4.20. The molecule has 22 heavy (non-hydrogen) atoms. The van der Waals surface area contributed by atoms with Crippen LogP contribution in [0.2, 0.25) is 0 Å². The van der Waals surface area contributed by atoms with Crippen molar-refractivity contribution in [1.29, 1.82) is 0 Å². The molecule has 2 aromatic rings. The maximum Gasteiger partial charge on any atom is 0.241 e. The largest absolute Gasteiger partial charge is 0.325 e. The second-order valence-corrected chi connectivity index (χ2v) is 5.90. The maximum atomic E-state index is 12.3. The fraction of sp³-hybridized carbons (Fsp3) is 0.333. The molecule has 1 atom stereocenters. The molecule has 0 radical (unpaired) electrons. The molecule has 4 nitrogen and oxygen atoms in total. The van der Waals surface area contributed by atoms with E-state index in [0.717, 1.165) is 41.8 Å². The first-order chi connectivity index (χ1) is 10.6. The van der Waals surface area contributed by atoms with Crippen LogP contribution in [0, 0.1) is 6.92 Å². The van der Waals surface area contributed by atoms with Crippen LogP contribution in [0.1, 0.15) is 18.4 Å². The van der Waals surface area contributed by atoms with E-state index in [1.54, 1.807) is 6.20 Å². The summed E-state index contributed by atoms with van der Waals surface area (Å²) < 4.78 is 0. The van der Waals surface area contributed by atoms with Gasteiger partial charge < -0.3 is 5.32 Å². The first-order valence-electron chi connectivity index (χ1n) is 7.67. The van der Waals surface area contributed by atoms with E-state index in [9.17, 15) is 4.79 Å². The highest BCUT2D eigenvalue weighted by Crippen LogP contribution is 2.25. The third-order valence-corrected chi connectivity index (χ3v) is 4.29. The van der Waals surface area contributed by atoms with Crippen molar-refractivity contribution in [2.45, 2.75) is 25.8 Å². The summed E-state index contributed by atoms with van der Waals surface area (Å²) in [6.07, 6.45) is 5.66. The highest BCUT2D eigenvalue weighted by Gasteiger charge is 2.27. The van der Waals surface area contributed by atoms with Crippen LogP contribution in [0.3, 0.4) is 0 Å². The van der Waals surface area contributed by atoms with Gasteiger partial charge in [0.05, 0.1) is 6.04 Å². The molecule has 0 unspecified atom stereocenters. The van der Waals surface area contributed by atoms with Crippen molar-refractivity contribution in [3.05, 3.63) is 48.3 Å². The molecule has 0 saturated carbocycles. The van der Waals surface area contributed by atoms with Crippen molar-refractivity contribution in [2.75, 3.05) is 18.9 Å². The fourth-order valence-electron chi connectivity index (χ4n) is 3.05. The van der Waals surface area contributed by atoms with Crippen LogP contribution >= 0.6 is 0 Å². The Labute approximate surface area is 131 Å². The summed E-state index contributed by atoms with van der Waals surface area (Å²) in [5.74, 6) is 0.0912. The lowest BCUT2D eigenvalue weighted by Gasteiger charge is -2.19. The number of carbonyl (C=O) groups is 1. The second kappa shape index (κ2) is 6.28. The summed E-state index contributed by atoms with van der Waals surface area (Å²) in [7, 11) is 2.01. The minimum Gasteiger partial charge on any atom is -0.325 e. The van der Waals surface area contributed by atoms with E-state index in [1.807, 2.05) is 43.6 Å². The highest BCUT2D eigenvalue weighted by molar-refractivity contribution is 5.95. The molecule has 0 bridgehead atoms. The topological polar surface area (TPSA) is 45.2 Å². The number of carbonyl (C=O) groups excluding carboxylic acids is 1. The molecular formula is C18H21N3O. The number of likely N-dealkylation sites (N-methyl/N-ethyl adjacent to an activating group) is 1. The number of anilines is 1. The van der Waals surface area contributed by atoms with E-state index in [4.69, 9.17) is 0 Å². The van der Waals surface area contributed by atoms with E-state index in [1.165, 1.54) is 0 Å². The van der Waals surface area contributed by atoms with Crippen LogP contribution in [0.4, 0.5) is 5.69 Å². The van der Waals surface area contributed by atoms with Crippen LogP contribution in [-0.4, -0.2) is 35.4 Å². The van der Waals surface area contributed by atoms with Gasteiger partial charge in [-0.3, -0.25) is 14.7 Å². The van der Waals surface area contributed by atoms with Crippen molar-refractivity contribution < 1.29 is 4.79 Å². The van der Waals surface area contributed by atoms with Crippen molar-refractivity contribution >= 4 is 11.6 Å². The number of hydrogen-bond donors (Lipinski definition) is 1. The summed E-state index contributed by atoms with van der Waals surface area (Å²) in [6.45, 7) is 3.05. The van der Waals surface area contributed by atoms with Crippen molar-refractivity contribution in [3.63, 3.8) is 0 Å². The predicted molar refractivity (Wildman–Crippen MR) is 88.7 cm³/mol. The average molecular weight is 295 g/mol. The number of pyridine rings is 1. The first-order valence-corrected chi connectivity index (χ1v) is 7.67. The maximum absolute atomic E-state index is 12.3. The molecule has 1 aromatic carbocycles. The SMILES string of the molecule is Cc1cc(NC(=O)[C@@H]2CCCN2C)ccc1-c1cccnc1. The molecule has 1 aliphatic heterocycles. The zero-order valence-electron chi connectivity index (χ0n) is 13.0. The Bertz CT molecular complexity index is 669. The van der Waals surface area contributed by atoms with Crippen LogP contribution in [0.25, 0.3) is 11.1 Å². The Balaban J connectivity index is 1.76. The number of likely N-dealkylation sites (tertiary alicyclic amines) is 1. The molecule has 114 valence electrons. The van der Waals surface area contributed by atoms with Crippen molar-refractivity contribution in [1.82, 2.24) is 9.88 Å². The predicted octanol–water partition coefficient (Wildman–Crippen LogP) is 3.09. The van der Waals surface area contributed by atoms with Crippen LogP contribution in [0.15, 0.2) is 42.7 Å². The van der Waals surface area contributed by atoms with E-state index in [0.29, 0.717) is 0 Å². The smallest absolute Gasteiger partial charge is 0.241 e. The molecule has 4 heteroatoms. The minimum absolute atomic E-state index is 0.00157. The van der Waals surface area contributed by atoms with Gasteiger partial charge >= 0.3 is 0 Å². The third kappa shape index (κ3) is 3.02. The fourth-order valence-corrected chi connectivity index (χ4v) is 3.05. The quantitative estimate of drug-likeness (QED) is 0.946. The van der Waals surface area contributed by atoms with Crippen molar-refractivity contribution in [2.24, 2.45) is 0 Å². The molecular weight excluding hydrogens is 274 g/mol. The normalized spacial score (nSPS) is 18.4. The number of hydrogen-bond acceptors (Lipinski definition) is 3. The van der Waals surface area contributed by atoms with E-state index >= 15 is 0 Å². The van der Waals surface area contributed by atoms with Crippen molar-refractivity contribution in [3.8, 4) is 11.1 Å². The Morgan fingerprint density at radius 1 is 1.36 bits per heavy atom. The summed E-state index contributed by atoms with van der Waals surface area (Å²) in [5, 5.41) is 3.04. The first kappa shape index (κ1) is 14.7. The number of rotatable bonds is 3. The molecule has 1 N–H and O–H groups in total. The van der Waals surface area contributed by atoms with E-state index in [-0.39, 0.29) is 11.9 Å². The van der Waals surface area contributed by atoms with Gasteiger partial charge in [-0.05, 0) is 62.7 Å². The second-order valence-electron chi connectivity index (χ2n) is 5.90. The molecule has 2 heterocycles. The zero-order valence-corrected chi connectivity index (χ0v) is 13.0. The van der Waals surface area contributed by atoms with E-state index in [2.05, 4.69) is 22.1 Å². The van der Waals surface area contributed by atoms with Gasteiger partial charge in [-0.15, -0.1) is 0 Å². The van der Waals surface area contributed by atoms with Gasteiger partial charge in [0.1, 0.15) is 0 Å². The molecule has 1 aliphatic rings. The zero-order chi connectivity index (χ0) is 15.5. The van der Waals surface area contributed by atoms with Gasteiger partial charge in [0.15, 0.2) is 0 Å². The molecule has 3 rings (SSSR count). The van der Waals surface area contributed by atoms with Gasteiger partial charge in [0.2, 0.25) is 5.91 Å². The highest BCUT2D eigenvalue weighted by atomic mass is 16.2. The number of amides is 1. The third-order valence-electron chi connectivity index (χ3n) is 4.29. The number of nitrogens with zero attached hydrogens (tertiary/aromatic N) is 2. The number of aromatic nitrogens is 1. The number of benzene rings is 1. The molecule has 1 aromatic heterocycles. The van der Waals surface area contributed by atoms with Crippen LogP contribution < -0.4 is 5.32 Å². The van der Waals surface area contributed by atoms with Gasteiger partial charge in [-0.2, -0.15) is 0 Å². The summed E-state index contributed by atoms with van der Waals surface area (Å²) in [5.41, 5.74) is 4.22. The Hall–Kier alpha value is -2.20. The molecule has 1 saturated heterocycles. The molecule has 0 aliphatic carbocycles. The summed E-state index contributed by atoms with van der Waals surface area (Å²) >= 11 is 0. The van der Waals surface area contributed by atoms with Gasteiger partial charge in [0.25, 0.3) is 0 Å². The van der Waals surface area contributed by atoms with E-state index < -0.39 is 0 Å². The number of aryl methyl sites for hydroxylation is 1. The number of nitrogens with one attached hydrogen (secondary N) is 1. The molecule has 1 amide bonds. The molecule has 0 spiro atoms. The monoisotopic (exact) mass is 295 g/mol. The summed E-state index contributed by atoms with van der Waals surface area (Å²) in [4.78, 5) is 18.6. The standard InChI is InChI=1S/C18H21N3O/c1-13-11-15(20-18(22)17-6-4-10-21(17)2)7-8-16(13)14-5-3-9-19-12-14/h3,5,7-9,11-12,17H,4,6,10H2,1-2H3,(H,20,22)/t17-/m0/s1. The minimum atomic E-state index is -0.00157. The Morgan fingerprint density at radius 2 is 2.23 bits per heavy atom. The van der Waals surface area contributed by atoms with Crippen LogP contribution in [-0.2, 0) is 4.79 Å². The Morgan fingerprint density at radius 3 is 2.86 bits per heavy atom. The average Bonchev–Trinajstić information content (AvgIpc) is 2.94. The van der Waals surface area contributed by atoms with Crippen LogP contribution in [0.5, 0.6) is 0 Å². The molecule has 1 fully saturated rings. The lowest BCUT2D eigenvalue weighted by Crippen LogP contribution is -2.37. The van der Waals surface area contributed by atoms with Gasteiger partial charge in [-0.25, -0.2) is 0 Å².